The molecule has 0 saturated heterocycles. The molecule has 1 N–H and O–H groups in total. The van der Waals surface area contributed by atoms with Gasteiger partial charge >= 0.3 is 0 Å². The maximum Gasteiger partial charge on any atom is 0.244 e. The first-order chi connectivity index (χ1) is 7.04. The van der Waals surface area contributed by atoms with E-state index in [0.717, 1.165) is 12.8 Å². The quantitative estimate of drug-likeness (QED) is 0.824. The minimum atomic E-state index is -3.35. The molecule has 0 unspecified atom stereocenters. The Morgan fingerprint density at radius 1 is 1.60 bits per heavy atom. The SMILES string of the molecule is CCn1ncc(S(=O)(=O)NC2CC2)c1C. The van der Waals surface area contributed by atoms with E-state index in [1.807, 2.05) is 6.92 Å². The van der Waals surface area contributed by atoms with E-state index in [9.17, 15) is 8.42 Å². The number of rotatable bonds is 4. The molecule has 2 rings (SSSR count). The average molecular weight is 229 g/mol. The van der Waals surface area contributed by atoms with Gasteiger partial charge in [0.15, 0.2) is 0 Å². The van der Waals surface area contributed by atoms with Crippen LogP contribution in [0.25, 0.3) is 0 Å². The van der Waals surface area contributed by atoms with Crippen molar-refractivity contribution in [3.8, 4) is 0 Å². The third kappa shape index (κ3) is 2.05. The van der Waals surface area contributed by atoms with Gasteiger partial charge in [0.2, 0.25) is 10.0 Å². The summed E-state index contributed by atoms with van der Waals surface area (Å²) in [5.74, 6) is 0. The van der Waals surface area contributed by atoms with Crippen molar-refractivity contribution >= 4 is 10.0 Å². The molecule has 1 aromatic heterocycles. The lowest BCUT2D eigenvalue weighted by molar-refractivity contribution is 0.579. The van der Waals surface area contributed by atoms with E-state index in [-0.39, 0.29) is 6.04 Å². The zero-order chi connectivity index (χ0) is 11.1. The van der Waals surface area contributed by atoms with E-state index in [1.54, 1.807) is 11.6 Å². The zero-order valence-electron chi connectivity index (χ0n) is 8.90. The fourth-order valence-corrected chi connectivity index (χ4v) is 2.98. The second-order valence-electron chi connectivity index (χ2n) is 3.81. The summed E-state index contributed by atoms with van der Waals surface area (Å²) in [6.45, 7) is 4.40. The second kappa shape index (κ2) is 3.61. The summed E-state index contributed by atoms with van der Waals surface area (Å²) in [7, 11) is -3.35. The van der Waals surface area contributed by atoms with Crippen molar-refractivity contribution in [2.45, 2.75) is 44.2 Å². The molecule has 1 aliphatic rings. The van der Waals surface area contributed by atoms with Crippen LogP contribution in [0.5, 0.6) is 0 Å². The summed E-state index contributed by atoms with van der Waals surface area (Å²) in [4.78, 5) is 0.302. The van der Waals surface area contributed by atoms with E-state index >= 15 is 0 Å². The Kier molecular flexibility index (Phi) is 2.56. The number of hydrogen-bond donors (Lipinski definition) is 1. The highest BCUT2D eigenvalue weighted by Gasteiger charge is 2.29. The topological polar surface area (TPSA) is 64.0 Å². The van der Waals surface area contributed by atoms with Gasteiger partial charge in [-0.25, -0.2) is 13.1 Å². The maximum atomic E-state index is 11.9. The minimum Gasteiger partial charge on any atom is -0.269 e. The highest BCUT2D eigenvalue weighted by molar-refractivity contribution is 7.89. The van der Waals surface area contributed by atoms with Crippen LogP contribution in [0.3, 0.4) is 0 Å². The summed E-state index contributed by atoms with van der Waals surface area (Å²) in [5, 5.41) is 4.03. The molecule has 1 fully saturated rings. The molecule has 1 aliphatic carbocycles. The van der Waals surface area contributed by atoms with Crippen LogP contribution in [-0.4, -0.2) is 24.2 Å². The summed E-state index contributed by atoms with van der Waals surface area (Å²) in [6, 6.07) is 0.138. The van der Waals surface area contributed by atoms with Crippen molar-refractivity contribution in [2.24, 2.45) is 0 Å². The van der Waals surface area contributed by atoms with Crippen molar-refractivity contribution in [2.75, 3.05) is 0 Å². The molecule has 1 aromatic rings. The van der Waals surface area contributed by atoms with Gasteiger partial charge in [0, 0.05) is 12.6 Å². The van der Waals surface area contributed by atoms with Crippen LogP contribution in [-0.2, 0) is 16.6 Å². The minimum absolute atomic E-state index is 0.138. The normalized spacial score (nSPS) is 16.9. The molecule has 0 spiro atoms. The fraction of sp³-hybridized carbons (Fsp3) is 0.667. The summed E-state index contributed by atoms with van der Waals surface area (Å²) >= 11 is 0. The third-order valence-corrected chi connectivity index (χ3v) is 4.17. The standard InChI is InChI=1S/C9H15N3O2S/c1-3-12-7(2)9(6-10-12)15(13,14)11-8-4-5-8/h6,8,11H,3-5H2,1-2H3. The second-order valence-corrected chi connectivity index (χ2v) is 5.49. The lowest BCUT2D eigenvalue weighted by atomic mass is 10.5. The number of nitrogens with zero attached hydrogens (tertiary/aromatic N) is 2. The van der Waals surface area contributed by atoms with Gasteiger partial charge in [-0.1, -0.05) is 0 Å². The van der Waals surface area contributed by atoms with Crippen LogP contribution in [0.1, 0.15) is 25.5 Å². The molecular formula is C9H15N3O2S. The Bertz CT molecular complexity index is 460. The highest BCUT2D eigenvalue weighted by Crippen LogP contribution is 2.23. The van der Waals surface area contributed by atoms with Crippen molar-refractivity contribution in [1.82, 2.24) is 14.5 Å². The predicted octanol–water partition coefficient (Wildman–Crippen LogP) is 0.652. The maximum absolute atomic E-state index is 11.9. The fourth-order valence-electron chi connectivity index (χ4n) is 1.50. The lowest BCUT2D eigenvalue weighted by Gasteiger charge is -2.04. The molecule has 0 atom stereocenters. The van der Waals surface area contributed by atoms with Crippen molar-refractivity contribution in [3.05, 3.63) is 11.9 Å². The summed E-state index contributed by atoms with van der Waals surface area (Å²) in [6.07, 6.45) is 3.31. The summed E-state index contributed by atoms with van der Waals surface area (Å²) in [5.41, 5.74) is 0.700. The van der Waals surface area contributed by atoms with Gasteiger partial charge in [-0.2, -0.15) is 5.10 Å². The van der Waals surface area contributed by atoms with Crippen LogP contribution < -0.4 is 4.72 Å². The first-order valence-corrected chi connectivity index (χ1v) is 6.57. The largest absolute Gasteiger partial charge is 0.269 e. The highest BCUT2D eigenvalue weighted by atomic mass is 32.2. The Morgan fingerprint density at radius 2 is 2.27 bits per heavy atom. The summed E-state index contributed by atoms with van der Waals surface area (Å²) < 4.78 is 28.1. The molecule has 84 valence electrons. The van der Waals surface area contributed by atoms with Crippen LogP contribution in [0.4, 0.5) is 0 Å². The van der Waals surface area contributed by atoms with Gasteiger partial charge in [-0.3, -0.25) is 4.68 Å². The van der Waals surface area contributed by atoms with E-state index in [2.05, 4.69) is 9.82 Å². The Balaban J connectivity index is 2.30. The average Bonchev–Trinajstić information content (AvgIpc) is 2.86. The first-order valence-electron chi connectivity index (χ1n) is 5.09. The number of nitrogens with one attached hydrogen (secondary N) is 1. The van der Waals surface area contributed by atoms with Gasteiger partial charge in [0.05, 0.1) is 11.9 Å². The monoisotopic (exact) mass is 229 g/mol. The Labute approximate surface area is 89.5 Å². The number of aryl methyl sites for hydroxylation is 1. The molecule has 0 aliphatic heterocycles. The van der Waals surface area contributed by atoms with Gasteiger partial charge in [-0.05, 0) is 26.7 Å². The molecule has 1 heterocycles. The van der Waals surface area contributed by atoms with Gasteiger partial charge in [-0.15, -0.1) is 0 Å². The van der Waals surface area contributed by atoms with Crippen LogP contribution in [0.15, 0.2) is 11.1 Å². The molecular weight excluding hydrogens is 214 g/mol. The number of sulfonamides is 1. The van der Waals surface area contributed by atoms with Crippen molar-refractivity contribution in [1.29, 1.82) is 0 Å². The van der Waals surface area contributed by atoms with Crippen molar-refractivity contribution < 1.29 is 8.42 Å². The smallest absolute Gasteiger partial charge is 0.244 e. The number of aromatic nitrogens is 2. The predicted molar refractivity (Wildman–Crippen MR) is 56.0 cm³/mol. The van der Waals surface area contributed by atoms with Gasteiger partial charge < -0.3 is 0 Å². The lowest BCUT2D eigenvalue weighted by Crippen LogP contribution is -2.26. The van der Waals surface area contributed by atoms with E-state index in [4.69, 9.17) is 0 Å². The van der Waals surface area contributed by atoms with Crippen molar-refractivity contribution in [3.63, 3.8) is 0 Å². The zero-order valence-corrected chi connectivity index (χ0v) is 9.71. The molecule has 6 heteroatoms. The molecule has 0 bridgehead atoms. The molecule has 5 nitrogen and oxygen atoms in total. The van der Waals surface area contributed by atoms with E-state index < -0.39 is 10.0 Å². The number of hydrogen-bond acceptors (Lipinski definition) is 3. The van der Waals surface area contributed by atoms with Crippen LogP contribution in [0, 0.1) is 6.92 Å². The van der Waals surface area contributed by atoms with Gasteiger partial charge in [0.1, 0.15) is 4.90 Å². The van der Waals surface area contributed by atoms with E-state index in [0.29, 0.717) is 17.1 Å². The third-order valence-electron chi connectivity index (χ3n) is 2.55. The molecule has 1 saturated carbocycles. The van der Waals surface area contributed by atoms with Gasteiger partial charge in [0.25, 0.3) is 0 Å². The Hall–Kier alpha value is -0.880. The van der Waals surface area contributed by atoms with Crippen LogP contribution in [0.2, 0.25) is 0 Å². The molecule has 15 heavy (non-hydrogen) atoms. The van der Waals surface area contributed by atoms with E-state index in [1.165, 1.54) is 6.20 Å². The first kappa shape index (κ1) is 10.6. The Morgan fingerprint density at radius 3 is 2.73 bits per heavy atom. The van der Waals surface area contributed by atoms with Crippen LogP contribution >= 0.6 is 0 Å². The molecule has 0 aromatic carbocycles. The molecule has 0 radical (unpaired) electrons. The molecule has 0 amide bonds.